The number of hydrogen-bond acceptors (Lipinski definition) is 2. The van der Waals surface area contributed by atoms with Crippen LogP contribution in [0.1, 0.15) is 41.5 Å². The second kappa shape index (κ2) is 8.31. The molecule has 148 valence electrons. The molecule has 0 bridgehead atoms. The van der Waals surface area contributed by atoms with E-state index < -0.39 is 36.3 Å². The SMILES string of the molecule is CC(CC(N)OCc1cc(C(F)(F)F)cc(C(F)(F)F)c1)c1ccccc1. The Morgan fingerprint density at radius 2 is 1.41 bits per heavy atom. The lowest BCUT2D eigenvalue weighted by Gasteiger charge is -2.19. The van der Waals surface area contributed by atoms with Crippen molar-refractivity contribution in [2.24, 2.45) is 5.73 Å². The van der Waals surface area contributed by atoms with E-state index in [-0.39, 0.29) is 17.5 Å². The van der Waals surface area contributed by atoms with Crippen LogP contribution in [0.25, 0.3) is 0 Å². The van der Waals surface area contributed by atoms with E-state index in [0.717, 1.165) is 5.56 Å². The summed E-state index contributed by atoms with van der Waals surface area (Å²) >= 11 is 0. The van der Waals surface area contributed by atoms with Gasteiger partial charge in [-0.15, -0.1) is 0 Å². The summed E-state index contributed by atoms with van der Waals surface area (Å²) in [5.41, 5.74) is 3.87. The number of rotatable bonds is 6. The molecule has 0 saturated carbocycles. The first-order chi connectivity index (χ1) is 12.5. The average molecular weight is 391 g/mol. The molecular formula is C19H19F6NO. The fourth-order valence-corrected chi connectivity index (χ4v) is 2.64. The average Bonchev–Trinajstić information content (AvgIpc) is 2.59. The first kappa shape index (κ1) is 21.2. The fourth-order valence-electron chi connectivity index (χ4n) is 2.64. The number of hydrogen-bond donors (Lipinski definition) is 1. The van der Waals surface area contributed by atoms with Gasteiger partial charge in [0.25, 0.3) is 0 Å². The molecule has 0 fully saturated rings. The molecule has 0 radical (unpaired) electrons. The van der Waals surface area contributed by atoms with E-state index in [0.29, 0.717) is 18.6 Å². The first-order valence-electron chi connectivity index (χ1n) is 8.17. The molecular weight excluding hydrogens is 372 g/mol. The number of benzene rings is 2. The fraction of sp³-hybridized carbons (Fsp3) is 0.368. The number of ether oxygens (including phenoxy) is 1. The lowest BCUT2D eigenvalue weighted by atomic mass is 9.97. The summed E-state index contributed by atoms with van der Waals surface area (Å²) in [5, 5.41) is 0. The predicted molar refractivity (Wildman–Crippen MR) is 88.7 cm³/mol. The zero-order valence-corrected chi connectivity index (χ0v) is 14.4. The Morgan fingerprint density at radius 1 is 0.889 bits per heavy atom. The molecule has 0 spiro atoms. The quantitative estimate of drug-likeness (QED) is 0.505. The van der Waals surface area contributed by atoms with Crippen LogP contribution >= 0.6 is 0 Å². The summed E-state index contributed by atoms with van der Waals surface area (Å²) in [5.74, 6) is 0.0217. The van der Waals surface area contributed by atoms with Crippen molar-refractivity contribution in [2.75, 3.05) is 0 Å². The summed E-state index contributed by atoms with van der Waals surface area (Å²) in [4.78, 5) is 0. The molecule has 2 N–H and O–H groups in total. The van der Waals surface area contributed by atoms with Crippen LogP contribution < -0.4 is 5.73 Å². The van der Waals surface area contributed by atoms with Crippen LogP contribution in [0.5, 0.6) is 0 Å². The van der Waals surface area contributed by atoms with Crippen molar-refractivity contribution in [2.45, 2.75) is 44.4 Å². The molecule has 0 aromatic heterocycles. The maximum Gasteiger partial charge on any atom is 0.416 e. The van der Waals surface area contributed by atoms with Gasteiger partial charge in [-0.2, -0.15) is 26.3 Å². The molecule has 2 nitrogen and oxygen atoms in total. The molecule has 27 heavy (non-hydrogen) atoms. The standard InChI is InChI=1S/C19H19F6NO/c1-12(14-5-3-2-4-6-14)7-17(26)27-11-13-8-15(18(20,21)22)10-16(9-13)19(23,24)25/h2-6,8-10,12,17H,7,11,26H2,1H3. The third-order valence-electron chi connectivity index (χ3n) is 4.07. The molecule has 2 aromatic carbocycles. The normalized spacial score (nSPS) is 14.8. The molecule has 2 atom stereocenters. The summed E-state index contributed by atoms with van der Waals surface area (Å²) in [6, 6.07) is 10.8. The minimum absolute atomic E-state index is 0.0217. The molecule has 0 aliphatic carbocycles. The van der Waals surface area contributed by atoms with Crippen LogP contribution in [-0.2, 0) is 23.7 Å². The van der Waals surface area contributed by atoms with Crippen molar-refractivity contribution in [3.63, 3.8) is 0 Å². The van der Waals surface area contributed by atoms with Crippen LogP contribution in [0.3, 0.4) is 0 Å². The molecule has 0 aliphatic rings. The van der Waals surface area contributed by atoms with Crippen molar-refractivity contribution in [1.29, 1.82) is 0 Å². The van der Waals surface area contributed by atoms with E-state index in [1.807, 2.05) is 37.3 Å². The Labute approximate surface area is 152 Å². The minimum atomic E-state index is -4.89. The molecule has 0 aliphatic heterocycles. The minimum Gasteiger partial charge on any atom is -0.359 e. The summed E-state index contributed by atoms with van der Waals surface area (Å²) in [6.07, 6.45) is -10.2. The van der Waals surface area contributed by atoms with Crippen LogP contribution in [0.2, 0.25) is 0 Å². The van der Waals surface area contributed by atoms with Gasteiger partial charge in [0.1, 0.15) is 6.23 Å². The second-order valence-electron chi connectivity index (χ2n) is 6.31. The number of alkyl halides is 6. The van der Waals surface area contributed by atoms with Gasteiger partial charge in [-0.25, -0.2) is 0 Å². The zero-order chi connectivity index (χ0) is 20.2. The molecule has 2 rings (SSSR count). The van der Waals surface area contributed by atoms with E-state index >= 15 is 0 Å². The maximum atomic E-state index is 12.9. The van der Waals surface area contributed by atoms with Crippen LogP contribution in [0.15, 0.2) is 48.5 Å². The van der Waals surface area contributed by atoms with Crippen molar-refractivity contribution in [1.82, 2.24) is 0 Å². The third kappa shape index (κ3) is 6.25. The van der Waals surface area contributed by atoms with E-state index in [1.54, 1.807) is 0 Å². The van der Waals surface area contributed by atoms with Crippen molar-refractivity contribution in [3.8, 4) is 0 Å². The van der Waals surface area contributed by atoms with Crippen LogP contribution in [-0.4, -0.2) is 6.23 Å². The summed E-state index contributed by atoms with van der Waals surface area (Å²) < 4.78 is 82.5. The van der Waals surface area contributed by atoms with Crippen molar-refractivity contribution < 1.29 is 31.1 Å². The summed E-state index contributed by atoms with van der Waals surface area (Å²) in [7, 11) is 0. The highest BCUT2D eigenvalue weighted by atomic mass is 19.4. The lowest BCUT2D eigenvalue weighted by Crippen LogP contribution is -2.25. The third-order valence-corrected chi connectivity index (χ3v) is 4.07. The molecule has 2 aromatic rings. The van der Waals surface area contributed by atoms with E-state index in [2.05, 4.69) is 0 Å². The van der Waals surface area contributed by atoms with Crippen molar-refractivity contribution in [3.05, 3.63) is 70.8 Å². The Kier molecular flexibility index (Phi) is 6.54. The van der Waals surface area contributed by atoms with Gasteiger partial charge in [-0.1, -0.05) is 37.3 Å². The Hall–Kier alpha value is -2.06. The highest BCUT2D eigenvalue weighted by Gasteiger charge is 2.36. The summed E-state index contributed by atoms with van der Waals surface area (Å²) in [6.45, 7) is 1.46. The van der Waals surface area contributed by atoms with E-state index in [1.165, 1.54) is 0 Å². The van der Waals surface area contributed by atoms with E-state index in [4.69, 9.17) is 10.5 Å². The predicted octanol–water partition coefficient (Wildman–Crippen LogP) is 5.72. The van der Waals surface area contributed by atoms with E-state index in [9.17, 15) is 26.3 Å². The topological polar surface area (TPSA) is 35.2 Å². The number of nitrogens with two attached hydrogens (primary N) is 1. The lowest BCUT2D eigenvalue weighted by molar-refractivity contribution is -0.143. The van der Waals surface area contributed by atoms with Gasteiger partial charge >= 0.3 is 12.4 Å². The Balaban J connectivity index is 2.08. The largest absolute Gasteiger partial charge is 0.416 e. The molecule has 0 heterocycles. The van der Waals surface area contributed by atoms with Gasteiger partial charge in [-0.3, -0.25) is 0 Å². The van der Waals surface area contributed by atoms with Crippen LogP contribution in [0.4, 0.5) is 26.3 Å². The highest BCUT2D eigenvalue weighted by molar-refractivity contribution is 5.33. The molecule has 2 unspecified atom stereocenters. The Bertz CT molecular complexity index is 710. The molecule has 0 saturated heterocycles. The monoisotopic (exact) mass is 391 g/mol. The molecule has 8 heteroatoms. The van der Waals surface area contributed by atoms with Crippen LogP contribution in [0, 0.1) is 0 Å². The van der Waals surface area contributed by atoms with Gasteiger partial charge in [0.15, 0.2) is 0 Å². The Morgan fingerprint density at radius 3 is 1.89 bits per heavy atom. The van der Waals surface area contributed by atoms with Gasteiger partial charge in [0, 0.05) is 0 Å². The number of halogens is 6. The maximum absolute atomic E-state index is 12.9. The molecule has 0 amide bonds. The highest BCUT2D eigenvalue weighted by Crippen LogP contribution is 2.36. The van der Waals surface area contributed by atoms with Gasteiger partial charge < -0.3 is 10.5 Å². The smallest absolute Gasteiger partial charge is 0.359 e. The zero-order valence-electron chi connectivity index (χ0n) is 14.4. The van der Waals surface area contributed by atoms with Gasteiger partial charge in [0.05, 0.1) is 17.7 Å². The first-order valence-corrected chi connectivity index (χ1v) is 8.17. The van der Waals surface area contributed by atoms with Gasteiger partial charge in [-0.05, 0) is 41.7 Å². The van der Waals surface area contributed by atoms with Crippen molar-refractivity contribution >= 4 is 0 Å². The second-order valence-corrected chi connectivity index (χ2v) is 6.31. The van der Waals surface area contributed by atoms with Gasteiger partial charge in [0.2, 0.25) is 0 Å².